The van der Waals surface area contributed by atoms with Gasteiger partial charge < -0.3 is 9.90 Å². The first-order chi connectivity index (χ1) is 10.7. The Kier molecular flexibility index (Phi) is 6.48. The van der Waals surface area contributed by atoms with E-state index < -0.39 is 11.2 Å². The summed E-state index contributed by atoms with van der Waals surface area (Å²) < 4.78 is 0. The van der Waals surface area contributed by atoms with Crippen LogP contribution >= 0.6 is 23.1 Å². The third-order valence-corrected chi connectivity index (χ3v) is 5.24. The van der Waals surface area contributed by atoms with Crippen LogP contribution in [-0.2, 0) is 4.79 Å². The molecule has 1 aromatic heterocycles. The number of nitrogens with zero attached hydrogens (tertiary/aromatic N) is 1. The number of thioether (sulfide) groups is 1. The van der Waals surface area contributed by atoms with Crippen molar-refractivity contribution in [3.63, 3.8) is 0 Å². The van der Waals surface area contributed by atoms with E-state index in [1.807, 2.05) is 54.8 Å². The largest absolute Gasteiger partial charge is 0.549 e. The average Bonchev–Trinajstić information content (AvgIpc) is 3.05. The summed E-state index contributed by atoms with van der Waals surface area (Å²) in [6, 6.07) is 13.6. The van der Waals surface area contributed by atoms with Crippen LogP contribution in [-0.4, -0.2) is 22.7 Å². The molecule has 1 unspecified atom stereocenters. The third kappa shape index (κ3) is 4.89. The fourth-order valence-corrected chi connectivity index (χ4v) is 3.54. The molecule has 0 amide bonds. The van der Waals surface area contributed by atoms with Crippen molar-refractivity contribution < 1.29 is 9.90 Å². The predicted molar refractivity (Wildman–Crippen MR) is 92.5 cm³/mol. The number of anilines is 1. The van der Waals surface area contributed by atoms with Gasteiger partial charge in [0.05, 0.1) is 22.2 Å². The Morgan fingerprint density at radius 2 is 2.09 bits per heavy atom. The van der Waals surface area contributed by atoms with Crippen LogP contribution in [0.1, 0.15) is 18.2 Å². The summed E-state index contributed by atoms with van der Waals surface area (Å²) >= 11 is 2.93. The molecule has 0 aliphatic rings. The predicted octanol–water partition coefficient (Wildman–Crippen LogP) is 2.83. The number of hydrazone groups is 1. The number of hydrogen-bond donors (Lipinski definition) is 1. The van der Waals surface area contributed by atoms with Gasteiger partial charge >= 0.3 is 0 Å². The van der Waals surface area contributed by atoms with Crippen molar-refractivity contribution in [3.05, 3.63) is 52.7 Å². The second kappa shape index (κ2) is 8.60. The molecule has 22 heavy (non-hydrogen) atoms. The van der Waals surface area contributed by atoms with Gasteiger partial charge in [0.2, 0.25) is 0 Å². The van der Waals surface area contributed by atoms with Crippen LogP contribution < -0.4 is 10.5 Å². The summed E-state index contributed by atoms with van der Waals surface area (Å²) in [5.74, 6) is -0.499. The van der Waals surface area contributed by atoms with Gasteiger partial charge in [-0.1, -0.05) is 31.2 Å². The average molecular weight is 333 g/mol. The number of thiophene rings is 1. The SMILES string of the molecule is CCC(SCC(=NNc1ccccc1)c1cccs1)C(=O)[O-]. The minimum Gasteiger partial charge on any atom is -0.549 e. The Morgan fingerprint density at radius 3 is 2.68 bits per heavy atom. The van der Waals surface area contributed by atoms with E-state index in [2.05, 4.69) is 10.5 Å². The molecule has 1 atom stereocenters. The van der Waals surface area contributed by atoms with Gasteiger partial charge in [0.1, 0.15) is 0 Å². The molecular formula is C16H17N2O2S2-. The highest BCUT2D eigenvalue weighted by Gasteiger charge is 2.12. The highest BCUT2D eigenvalue weighted by molar-refractivity contribution is 8.01. The molecule has 2 rings (SSSR count). The van der Waals surface area contributed by atoms with E-state index in [9.17, 15) is 9.90 Å². The molecule has 2 aromatic rings. The van der Waals surface area contributed by atoms with Crippen LogP contribution in [0.25, 0.3) is 0 Å². The first-order valence-electron chi connectivity index (χ1n) is 6.94. The van der Waals surface area contributed by atoms with E-state index >= 15 is 0 Å². The second-order valence-corrected chi connectivity index (χ2v) is 6.68. The summed E-state index contributed by atoms with van der Waals surface area (Å²) in [5.41, 5.74) is 4.76. The number of aliphatic carboxylic acids is 1. The van der Waals surface area contributed by atoms with Gasteiger partial charge in [-0.25, -0.2) is 0 Å². The van der Waals surface area contributed by atoms with Crippen molar-refractivity contribution >= 4 is 40.5 Å². The third-order valence-electron chi connectivity index (χ3n) is 2.95. The summed E-state index contributed by atoms with van der Waals surface area (Å²) in [6.07, 6.45) is 0.539. The molecule has 0 saturated heterocycles. The number of nitrogens with one attached hydrogen (secondary N) is 1. The van der Waals surface area contributed by atoms with Gasteiger partial charge in [-0.05, 0) is 30.0 Å². The molecule has 1 heterocycles. The van der Waals surface area contributed by atoms with E-state index in [-0.39, 0.29) is 0 Å². The van der Waals surface area contributed by atoms with Gasteiger partial charge in [-0.15, -0.1) is 23.1 Å². The van der Waals surface area contributed by atoms with E-state index in [4.69, 9.17) is 0 Å². The van der Waals surface area contributed by atoms with Crippen molar-refractivity contribution in [2.75, 3.05) is 11.2 Å². The van der Waals surface area contributed by atoms with Crippen molar-refractivity contribution in [2.45, 2.75) is 18.6 Å². The fraction of sp³-hybridized carbons (Fsp3) is 0.250. The van der Waals surface area contributed by atoms with Crippen LogP contribution in [0.15, 0.2) is 52.9 Å². The molecule has 0 spiro atoms. The maximum absolute atomic E-state index is 11.0. The number of carbonyl (C=O) groups excluding carboxylic acids is 1. The van der Waals surface area contributed by atoms with E-state index in [0.717, 1.165) is 16.3 Å². The van der Waals surface area contributed by atoms with Gasteiger partial charge in [-0.2, -0.15) is 5.10 Å². The first kappa shape index (κ1) is 16.6. The maximum Gasteiger partial charge on any atom is 0.0877 e. The minimum atomic E-state index is -1.02. The zero-order chi connectivity index (χ0) is 15.8. The van der Waals surface area contributed by atoms with Crippen LogP contribution in [0.3, 0.4) is 0 Å². The molecular weight excluding hydrogens is 316 g/mol. The lowest BCUT2D eigenvalue weighted by molar-refractivity contribution is -0.304. The maximum atomic E-state index is 11.0. The van der Waals surface area contributed by atoms with Crippen LogP contribution in [0, 0.1) is 0 Å². The second-order valence-electron chi connectivity index (χ2n) is 4.54. The Labute approximate surface area is 138 Å². The Bertz CT molecular complexity index is 612. The molecule has 0 bridgehead atoms. The fourth-order valence-electron chi connectivity index (χ4n) is 1.78. The van der Waals surface area contributed by atoms with Gasteiger partial charge in [0.15, 0.2) is 0 Å². The Morgan fingerprint density at radius 1 is 1.32 bits per heavy atom. The molecule has 116 valence electrons. The number of rotatable bonds is 8. The molecule has 4 nitrogen and oxygen atoms in total. The van der Waals surface area contributed by atoms with Crippen molar-refractivity contribution in [1.82, 2.24) is 0 Å². The topological polar surface area (TPSA) is 64.5 Å². The highest BCUT2D eigenvalue weighted by atomic mass is 32.2. The molecule has 1 N–H and O–H groups in total. The first-order valence-corrected chi connectivity index (χ1v) is 8.87. The molecule has 0 saturated carbocycles. The minimum absolute atomic E-state index is 0.512. The van der Waals surface area contributed by atoms with Crippen LogP contribution in [0.5, 0.6) is 0 Å². The molecule has 0 fully saturated rings. The number of benzene rings is 1. The number of carboxylic acid groups (broad SMARTS) is 1. The van der Waals surface area contributed by atoms with Crippen LogP contribution in [0.2, 0.25) is 0 Å². The zero-order valence-electron chi connectivity index (χ0n) is 12.2. The monoisotopic (exact) mass is 333 g/mol. The quantitative estimate of drug-likeness (QED) is 0.596. The van der Waals surface area contributed by atoms with E-state index in [0.29, 0.717) is 12.2 Å². The number of para-hydroxylation sites is 1. The van der Waals surface area contributed by atoms with Gasteiger partial charge in [0.25, 0.3) is 0 Å². The summed E-state index contributed by atoms with van der Waals surface area (Å²) in [4.78, 5) is 12.1. The molecule has 0 aliphatic carbocycles. The van der Waals surface area contributed by atoms with Crippen molar-refractivity contribution in [1.29, 1.82) is 0 Å². The molecule has 0 aliphatic heterocycles. The van der Waals surface area contributed by atoms with Crippen molar-refractivity contribution in [2.24, 2.45) is 5.10 Å². The summed E-state index contributed by atoms with van der Waals surface area (Å²) in [7, 11) is 0. The molecule has 0 radical (unpaired) electrons. The number of carboxylic acids is 1. The highest BCUT2D eigenvalue weighted by Crippen LogP contribution is 2.19. The standard InChI is InChI=1S/C16H18N2O2S2/c1-2-14(16(19)20)22-11-13(15-9-6-10-21-15)18-17-12-7-4-3-5-8-12/h3-10,14,17H,2,11H2,1H3,(H,19,20)/p-1. The summed E-state index contributed by atoms with van der Waals surface area (Å²) in [6.45, 7) is 1.84. The number of carbonyl (C=O) groups is 1. The van der Waals surface area contributed by atoms with E-state index in [1.54, 1.807) is 11.3 Å². The van der Waals surface area contributed by atoms with Gasteiger partial charge in [-0.3, -0.25) is 5.43 Å². The van der Waals surface area contributed by atoms with Crippen LogP contribution in [0.4, 0.5) is 5.69 Å². The normalized spacial score (nSPS) is 12.9. The lowest BCUT2D eigenvalue weighted by atomic mass is 10.3. The van der Waals surface area contributed by atoms with E-state index in [1.165, 1.54) is 11.8 Å². The van der Waals surface area contributed by atoms with Crippen molar-refractivity contribution in [3.8, 4) is 0 Å². The smallest absolute Gasteiger partial charge is 0.0877 e. The van der Waals surface area contributed by atoms with Gasteiger partial charge in [0, 0.05) is 11.0 Å². The Balaban J connectivity index is 2.08. The molecule has 6 heteroatoms. The number of hydrogen-bond acceptors (Lipinski definition) is 6. The lowest BCUT2D eigenvalue weighted by Gasteiger charge is -2.15. The lowest BCUT2D eigenvalue weighted by Crippen LogP contribution is -2.33. The molecule has 1 aromatic carbocycles. The summed E-state index contributed by atoms with van der Waals surface area (Å²) in [5, 5.41) is 16.9. The Hall–Kier alpha value is -1.79. The zero-order valence-corrected chi connectivity index (χ0v) is 13.8.